The number of methoxy groups -OCH3 is 2. The van der Waals surface area contributed by atoms with Crippen LogP contribution >= 0.6 is 0 Å². The van der Waals surface area contributed by atoms with Crippen LogP contribution in [0.15, 0.2) is 36.7 Å². The number of ether oxygens (including phenoxy) is 3. The molecule has 3 rings (SSSR count). The molecule has 0 unspecified atom stereocenters. The van der Waals surface area contributed by atoms with Crippen molar-refractivity contribution in [3.63, 3.8) is 0 Å². The van der Waals surface area contributed by atoms with Gasteiger partial charge in [0.1, 0.15) is 6.10 Å². The Bertz CT molecular complexity index is 733. The predicted octanol–water partition coefficient (Wildman–Crippen LogP) is 2.57. The van der Waals surface area contributed by atoms with E-state index >= 15 is 0 Å². The minimum Gasteiger partial charge on any atom is -0.493 e. The van der Waals surface area contributed by atoms with Crippen molar-refractivity contribution >= 4 is 11.7 Å². The standard InChI is InChI=1S/C18H22N4O4/c1-24-15-6-3-5-14(16(15)25-2)21-18(23)22-11-7-13(8-12-22)26-17-19-9-4-10-20-17/h3-6,9-10,13H,7-8,11-12H2,1-2H3,(H,21,23). The molecular weight excluding hydrogens is 336 g/mol. The third-order valence-corrected chi connectivity index (χ3v) is 4.19. The Balaban J connectivity index is 1.56. The summed E-state index contributed by atoms with van der Waals surface area (Å²) in [6.45, 7) is 1.19. The summed E-state index contributed by atoms with van der Waals surface area (Å²) < 4.78 is 16.4. The smallest absolute Gasteiger partial charge is 0.321 e. The number of nitrogens with one attached hydrogen (secondary N) is 1. The predicted molar refractivity (Wildman–Crippen MR) is 95.8 cm³/mol. The molecule has 1 N–H and O–H groups in total. The Morgan fingerprint density at radius 1 is 1.12 bits per heavy atom. The van der Waals surface area contributed by atoms with Crippen LogP contribution in [0.25, 0.3) is 0 Å². The fraction of sp³-hybridized carbons (Fsp3) is 0.389. The number of nitrogens with zero attached hydrogens (tertiary/aromatic N) is 3. The van der Waals surface area contributed by atoms with E-state index in [1.165, 1.54) is 0 Å². The van der Waals surface area contributed by atoms with Crippen LogP contribution in [0.3, 0.4) is 0 Å². The molecule has 1 saturated heterocycles. The van der Waals surface area contributed by atoms with Crippen LogP contribution in [0.2, 0.25) is 0 Å². The first-order valence-electron chi connectivity index (χ1n) is 8.42. The molecule has 1 aromatic heterocycles. The first-order valence-corrected chi connectivity index (χ1v) is 8.42. The molecule has 8 heteroatoms. The van der Waals surface area contributed by atoms with Crippen LogP contribution < -0.4 is 19.5 Å². The largest absolute Gasteiger partial charge is 0.493 e. The second-order valence-corrected chi connectivity index (χ2v) is 5.81. The number of benzene rings is 1. The summed E-state index contributed by atoms with van der Waals surface area (Å²) in [6.07, 6.45) is 4.74. The number of likely N-dealkylation sites (tertiary alicyclic amines) is 1. The SMILES string of the molecule is COc1cccc(NC(=O)N2CCC(Oc3ncccn3)CC2)c1OC. The van der Waals surface area contributed by atoms with Gasteiger partial charge in [0, 0.05) is 38.3 Å². The summed E-state index contributed by atoms with van der Waals surface area (Å²) >= 11 is 0. The van der Waals surface area contributed by atoms with Crippen molar-refractivity contribution < 1.29 is 19.0 Å². The molecule has 1 aromatic carbocycles. The topological polar surface area (TPSA) is 85.8 Å². The van der Waals surface area contributed by atoms with Gasteiger partial charge in [0.25, 0.3) is 0 Å². The molecule has 1 fully saturated rings. The maximum atomic E-state index is 12.6. The lowest BCUT2D eigenvalue weighted by molar-refractivity contribution is 0.107. The lowest BCUT2D eigenvalue weighted by Gasteiger charge is -2.31. The van der Waals surface area contributed by atoms with Crippen LogP contribution in [-0.2, 0) is 0 Å². The van der Waals surface area contributed by atoms with Gasteiger partial charge in [-0.25, -0.2) is 14.8 Å². The summed E-state index contributed by atoms with van der Waals surface area (Å²) in [4.78, 5) is 22.4. The van der Waals surface area contributed by atoms with Gasteiger partial charge in [-0.3, -0.25) is 0 Å². The Morgan fingerprint density at radius 2 is 1.85 bits per heavy atom. The fourth-order valence-corrected chi connectivity index (χ4v) is 2.85. The molecule has 0 radical (unpaired) electrons. The molecule has 26 heavy (non-hydrogen) atoms. The van der Waals surface area contributed by atoms with Crippen LogP contribution in [-0.4, -0.2) is 54.3 Å². The van der Waals surface area contributed by atoms with Gasteiger partial charge in [-0.2, -0.15) is 0 Å². The highest BCUT2D eigenvalue weighted by Gasteiger charge is 2.25. The number of hydrogen-bond donors (Lipinski definition) is 1. The van der Waals surface area contributed by atoms with Crippen molar-refractivity contribution in [2.45, 2.75) is 18.9 Å². The van der Waals surface area contributed by atoms with Crippen molar-refractivity contribution in [2.75, 3.05) is 32.6 Å². The summed E-state index contributed by atoms with van der Waals surface area (Å²) in [6, 6.07) is 7.30. The zero-order valence-corrected chi connectivity index (χ0v) is 14.8. The summed E-state index contributed by atoms with van der Waals surface area (Å²) in [5, 5.41) is 2.89. The number of carbonyl (C=O) groups excluding carboxylic acids is 1. The molecule has 0 atom stereocenters. The number of urea groups is 1. The number of carbonyl (C=O) groups is 1. The van der Waals surface area contributed by atoms with E-state index in [4.69, 9.17) is 14.2 Å². The number of rotatable bonds is 5. The van der Waals surface area contributed by atoms with E-state index in [0.717, 1.165) is 12.8 Å². The zero-order valence-electron chi connectivity index (χ0n) is 14.8. The number of hydrogen-bond acceptors (Lipinski definition) is 6. The molecule has 0 aliphatic carbocycles. The third kappa shape index (κ3) is 4.14. The number of amides is 2. The maximum absolute atomic E-state index is 12.6. The van der Waals surface area contributed by atoms with Gasteiger partial charge < -0.3 is 24.4 Å². The number of aromatic nitrogens is 2. The first kappa shape index (κ1) is 17.8. The lowest BCUT2D eigenvalue weighted by atomic mass is 10.1. The molecule has 8 nitrogen and oxygen atoms in total. The van der Waals surface area contributed by atoms with E-state index in [0.29, 0.717) is 36.3 Å². The molecule has 2 aromatic rings. The van der Waals surface area contributed by atoms with Crippen LogP contribution in [0.1, 0.15) is 12.8 Å². The molecule has 1 aliphatic rings. The molecule has 1 aliphatic heterocycles. The van der Waals surface area contributed by atoms with E-state index in [1.807, 2.05) is 0 Å². The van der Waals surface area contributed by atoms with Crippen LogP contribution in [0.5, 0.6) is 17.5 Å². The summed E-state index contributed by atoms with van der Waals surface area (Å²) in [5.74, 6) is 1.07. The van der Waals surface area contributed by atoms with E-state index in [9.17, 15) is 4.79 Å². The summed E-state index contributed by atoms with van der Waals surface area (Å²) in [5.41, 5.74) is 0.577. The number of anilines is 1. The van der Waals surface area contributed by atoms with Crippen molar-refractivity contribution in [1.82, 2.24) is 14.9 Å². The quantitative estimate of drug-likeness (QED) is 0.884. The molecule has 0 bridgehead atoms. The fourth-order valence-electron chi connectivity index (χ4n) is 2.85. The second kappa shape index (κ2) is 8.37. The highest BCUT2D eigenvalue weighted by Crippen LogP contribution is 2.34. The summed E-state index contributed by atoms with van der Waals surface area (Å²) in [7, 11) is 3.10. The Labute approximate surface area is 152 Å². The second-order valence-electron chi connectivity index (χ2n) is 5.81. The molecule has 0 spiro atoms. The van der Waals surface area contributed by atoms with E-state index in [2.05, 4.69) is 15.3 Å². The normalized spacial score (nSPS) is 14.6. The van der Waals surface area contributed by atoms with Gasteiger partial charge in [0.15, 0.2) is 11.5 Å². The Kier molecular flexibility index (Phi) is 5.73. The monoisotopic (exact) mass is 358 g/mol. The Morgan fingerprint density at radius 3 is 2.50 bits per heavy atom. The zero-order chi connectivity index (χ0) is 18.4. The molecular formula is C18H22N4O4. The van der Waals surface area contributed by atoms with Gasteiger partial charge in [0.05, 0.1) is 19.9 Å². The van der Waals surface area contributed by atoms with Gasteiger partial charge in [-0.1, -0.05) is 6.07 Å². The Hall–Kier alpha value is -3.03. The minimum absolute atomic E-state index is 0.00723. The average molecular weight is 358 g/mol. The lowest BCUT2D eigenvalue weighted by Crippen LogP contribution is -2.43. The molecule has 138 valence electrons. The van der Waals surface area contributed by atoms with Crippen LogP contribution in [0.4, 0.5) is 10.5 Å². The van der Waals surface area contributed by atoms with E-state index < -0.39 is 0 Å². The molecule has 2 heterocycles. The third-order valence-electron chi connectivity index (χ3n) is 4.19. The minimum atomic E-state index is -0.175. The van der Waals surface area contributed by atoms with Crippen molar-refractivity contribution in [2.24, 2.45) is 0 Å². The van der Waals surface area contributed by atoms with Gasteiger partial charge >= 0.3 is 12.0 Å². The molecule has 0 saturated carbocycles. The van der Waals surface area contributed by atoms with Crippen LogP contribution in [0, 0.1) is 0 Å². The highest BCUT2D eigenvalue weighted by molar-refractivity contribution is 5.91. The highest BCUT2D eigenvalue weighted by atomic mass is 16.5. The number of piperidine rings is 1. The van der Waals surface area contributed by atoms with Gasteiger partial charge in [-0.05, 0) is 18.2 Å². The van der Waals surface area contributed by atoms with E-state index in [-0.39, 0.29) is 12.1 Å². The average Bonchev–Trinajstić information content (AvgIpc) is 2.69. The number of para-hydroxylation sites is 1. The van der Waals surface area contributed by atoms with Crippen molar-refractivity contribution in [3.05, 3.63) is 36.7 Å². The van der Waals surface area contributed by atoms with Crippen molar-refractivity contribution in [1.29, 1.82) is 0 Å². The molecule has 2 amide bonds. The maximum Gasteiger partial charge on any atom is 0.321 e. The first-order chi connectivity index (χ1) is 12.7. The van der Waals surface area contributed by atoms with E-state index in [1.54, 1.807) is 55.8 Å². The van der Waals surface area contributed by atoms with Crippen molar-refractivity contribution in [3.8, 4) is 17.5 Å². The van der Waals surface area contributed by atoms with Gasteiger partial charge in [-0.15, -0.1) is 0 Å². The van der Waals surface area contributed by atoms with Gasteiger partial charge in [0.2, 0.25) is 0 Å².